The van der Waals surface area contributed by atoms with Crippen LogP contribution in [0.5, 0.6) is 11.5 Å². The normalized spacial score (nSPS) is 12.7. The number of halogens is 1. The summed E-state index contributed by atoms with van der Waals surface area (Å²) in [6.07, 6.45) is 21.5. The predicted octanol–water partition coefficient (Wildman–Crippen LogP) is 9.56. The molecule has 0 heterocycles. The highest BCUT2D eigenvalue weighted by Gasteiger charge is 2.10. The van der Waals surface area contributed by atoms with Gasteiger partial charge in [0.05, 0.1) is 0 Å². The molecule has 0 saturated heterocycles. The van der Waals surface area contributed by atoms with Crippen LogP contribution in [0.3, 0.4) is 0 Å². The first-order valence-electron chi connectivity index (χ1n) is 15.8. The second-order valence-corrected chi connectivity index (χ2v) is 13.0. The first-order valence-corrected chi connectivity index (χ1v) is 16.8. The summed E-state index contributed by atoms with van der Waals surface area (Å²) in [7, 11) is 0. The number of nitrogens with one attached hydrogen (secondary N) is 1. The zero-order valence-electron chi connectivity index (χ0n) is 27.7. The van der Waals surface area contributed by atoms with Crippen LogP contribution in [0.25, 0.3) is 0 Å². The number of rotatable bonds is 20. The average Bonchev–Trinajstić information content (AvgIpc) is 2.95. The number of phenols is 2. The molecule has 44 heavy (non-hydrogen) atoms. The van der Waals surface area contributed by atoms with Gasteiger partial charge in [0.15, 0.2) is 18.1 Å². The molecule has 3 N–H and O–H groups in total. The van der Waals surface area contributed by atoms with Crippen molar-refractivity contribution in [3.8, 4) is 11.5 Å². The molecule has 0 aromatic heterocycles. The van der Waals surface area contributed by atoms with Gasteiger partial charge in [-0.1, -0.05) is 58.2 Å². The van der Waals surface area contributed by atoms with Gasteiger partial charge >= 0.3 is 5.97 Å². The molecule has 0 saturated carbocycles. The van der Waals surface area contributed by atoms with Gasteiger partial charge in [0.1, 0.15) is 0 Å². The molecular weight excluding hydrogens is 665 g/mol. The highest BCUT2D eigenvalue weighted by Crippen LogP contribution is 2.29. The number of hydrogen-bond donors (Lipinski definition) is 3. The van der Waals surface area contributed by atoms with Crippen molar-refractivity contribution in [1.29, 1.82) is 0 Å². The van der Waals surface area contributed by atoms with E-state index in [9.17, 15) is 19.8 Å². The predicted molar refractivity (Wildman–Crippen MR) is 191 cm³/mol. The fraction of sp³-hybridized carbons (Fsp3) is 0.514. The number of benzene rings is 1. The summed E-state index contributed by atoms with van der Waals surface area (Å²) in [5, 5.41) is 21.9. The highest BCUT2D eigenvalue weighted by atomic mass is 127. The zero-order chi connectivity index (χ0) is 32.9. The van der Waals surface area contributed by atoms with Crippen molar-refractivity contribution in [2.45, 2.75) is 112 Å². The van der Waals surface area contributed by atoms with Gasteiger partial charge in [0.2, 0.25) is 0 Å². The number of phenolic OH excluding ortho intramolecular Hbond substituents is 2. The first-order chi connectivity index (χ1) is 20.9. The molecule has 0 aliphatic rings. The molecule has 0 radical (unpaired) electrons. The number of carbonyl (C=O) groups excluding carboxylic acids is 2. The summed E-state index contributed by atoms with van der Waals surface area (Å²) in [5.74, 6) is -1.13. The van der Waals surface area contributed by atoms with Crippen LogP contribution >= 0.6 is 22.6 Å². The fourth-order valence-corrected chi connectivity index (χ4v) is 5.16. The van der Waals surface area contributed by atoms with Crippen LogP contribution in [0, 0.1) is 3.57 Å². The van der Waals surface area contributed by atoms with Crippen molar-refractivity contribution >= 4 is 34.5 Å². The fourth-order valence-electron chi connectivity index (χ4n) is 4.44. The lowest BCUT2D eigenvalue weighted by molar-refractivity contribution is -0.148. The van der Waals surface area contributed by atoms with Gasteiger partial charge in [0, 0.05) is 16.5 Å². The molecule has 244 valence electrons. The minimum atomic E-state index is -0.393. The van der Waals surface area contributed by atoms with Gasteiger partial charge in [-0.05, 0) is 146 Å². The van der Waals surface area contributed by atoms with E-state index in [1.165, 1.54) is 34.4 Å². The Hall–Kier alpha value is -2.81. The molecule has 1 amide bonds. The Kier molecular flexibility index (Phi) is 20.2. The maximum atomic E-state index is 12.1. The monoisotopic (exact) mass is 719 g/mol. The van der Waals surface area contributed by atoms with Crippen LogP contribution in [0.1, 0.15) is 111 Å². The maximum Gasteiger partial charge on any atom is 0.306 e. The van der Waals surface area contributed by atoms with E-state index in [4.69, 9.17) is 4.74 Å². The second-order valence-electron chi connectivity index (χ2n) is 11.9. The minimum absolute atomic E-state index is 0.175. The van der Waals surface area contributed by atoms with E-state index in [1.807, 2.05) is 6.92 Å². The molecule has 0 atom stereocenters. The summed E-state index contributed by atoms with van der Waals surface area (Å²) < 4.78 is 5.91. The molecule has 6 nitrogen and oxygen atoms in total. The van der Waals surface area contributed by atoms with Crippen LogP contribution in [-0.4, -0.2) is 35.2 Å². The van der Waals surface area contributed by atoms with Crippen LogP contribution in [0.4, 0.5) is 0 Å². The summed E-state index contributed by atoms with van der Waals surface area (Å²) in [6, 6.07) is 2.95. The van der Waals surface area contributed by atoms with E-state index >= 15 is 0 Å². The summed E-state index contributed by atoms with van der Waals surface area (Å²) in [6.45, 7) is 13.0. The van der Waals surface area contributed by atoms with E-state index in [1.54, 1.807) is 0 Å². The highest BCUT2D eigenvalue weighted by molar-refractivity contribution is 14.1. The average molecular weight is 720 g/mol. The van der Waals surface area contributed by atoms with Gasteiger partial charge in [-0.3, -0.25) is 9.59 Å². The Morgan fingerprint density at radius 2 is 1.18 bits per heavy atom. The summed E-state index contributed by atoms with van der Waals surface area (Å²) >= 11 is 2.06. The van der Waals surface area contributed by atoms with Crippen molar-refractivity contribution < 1.29 is 24.5 Å². The van der Waals surface area contributed by atoms with Gasteiger partial charge < -0.3 is 20.3 Å². The summed E-state index contributed by atoms with van der Waals surface area (Å²) in [5.41, 5.74) is 7.68. The third-order valence-electron chi connectivity index (χ3n) is 7.25. The number of ether oxygens (including phenoxy) is 1. The molecular formula is C37H54INO5. The largest absolute Gasteiger partial charge is 0.504 e. The molecule has 1 rings (SSSR count). The number of aromatic hydroxyl groups is 2. The van der Waals surface area contributed by atoms with E-state index in [0.717, 1.165) is 66.1 Å². The standard InChI is InChI=1S/C37H54INO5/c1-27(2)12-9-15-30(5)18-10-16-28(3)13-7-8-14-29(4)17-11-19-31(6)20-21-37(43)44-26-36(42)39-23-22-32-24-34(40)35(41)25-33(32)38/h12-14,18-19,24-25,40-41H,7-11,15-17,20-23,26H2,1-6H3,(H,39,42)/b28-13+,29-14+,30-18+,31-19+. The van der Waals surface area contributed by atoms with E-state index in [2.05, 4.69) is 92.9 Å². The van der Waals surface area contributed by atoms with Crippen molar-refractivity contribution in [3.63, 3.8) is 0 Å². The Morgan fingerprint density at radius 1 is 0.705 bits per heavy atom. The van der Waals surface area contributed by atoms with Gasteiger partial charge in [-0.15, -0.1) is 0 Å². The third-order valence-corrected chi connectivity index (χ3v) is 8.26. The Bertz CT molecular complexity index is 1220. The first kappa shape index (κ1) is 39.2. The molecule has 0 fully saturated rings. The number of allylic oxidation sites excluding steroid dienone is 10. The lowest BCUT2D eigenvalue weighted by Gasteiger charge is -2.09. The van der Waals surface area contributed by atoms with Crippen molar-refractivity contribution in [3.05, 3.63) is 79.5 Å². The number of amides is 1. The number of unbranched alkanes of at least 4 members (excludes halogenated alkanes) is 1. The molecule has 0 spiro atoms. The quantitative estimate of drug-likeness (QED) is 0.0410. The van der Waals surface area contributed by atoms with Crippen molar-refractivity contribution in [1.82, 2.24) is 5.32 Å². The molecule has 1 aromatic carbocycles. The Labute approximate surface area is 279 Å². The van der Waals surface area contributed by atoms with Gasteiger partial charge in [-0.2, -0.15) is 0 Å². The molecule has 0 bridgehead atoms. The van der Waals surface area contributed by atoms with Gasteiger partial charge in [0.25, 0.3) is 5.91 Å². The lowest BCUT2D eigenvalue weighted by Crippen LogP contribution is -2.30. The smallest absolute Gasteiger partial charge is 0.306 e. The van der Waals surface area contributed by atoms with Crippen LogP contribution in [0.15, 0.2) is 70.4 Å². The molecule has 0 unspecified atom stereocenters. The van der Waals surface area contributed by atoms with Crippen LogP contribution in [0.2, 0.25) is 0 Å². The number of carbonyl (C=O) groups is 2. The second kappa shape index (κ2) is 22.7. The Balaban J connectivity index is 2.20. The molecule has 0 aliphatic heterocycles. The zero-order valence-corrected chi connectivity index (χ0v) is 29.9. The molecule has 7 heteroatoms. The molecule has 0 aliphatic carbocycles. The third kappa shape index (κ3) is 19.5. The van der Waals surface area contributed by atoms with E-state index in [-0.39, 0.29) is 30.4 Å². The maximum absolute atomic E-state index is 12.1. The Morgan fingerprint density at radius 3 is 1.73 bits per heavy atom. The lowest BCUT2D eigenvalue weighted by atomic mass is 10.0. The summed E-state index contributed by atoms with van der Waals surface area (Å²) in [4.78, 5) is 24.1. The van der Waals surface area contributed by atoms with E-state index in [0.29, 0.717) is 19.4 Å². The number of esters is 1. The van der Waals surface area contributed by atoms with Crippen LogP contribution in [-0.2, 0) is 20.7 Å². The van der Waals surface area contributed by atoms with E-state index < -0.39 is 5.97 Å². The van der Waals surface area contributed by atoms with Gasteiger partial charge in [-0.25, -0.2) is 0 Å². The number of hydrogen-bond acceptors (Lipinski definition) is 5. The van der Waals surface area contributed by atoms with Crippen LogP contribution < -0.4 is 5.32 Å². The van der Waals surface area contributed by atoms with Crippen molar-refractivity contribution in [2.75, 3.05) is 13.2 Å². The van der Waals surface area contributed by atoms with Crippen molar-refractivity contribution in [2.24, 2.45) is 0 Å². The topological polar surface area (TPSA) is 95.9 Å². The SMILES string of the molecule is CC(C)=CCC/C(C)=C/CC/C(C)=C/CC/C=C(\C)CC/C=C(\C)CCC(=O)OCC(=O)NCCc1cc(O)c(O)cc1I. The molecule has 1 aromatic rings. The minimum Gasteiger partial charge on any atom is -0.504 e.